The normalized spacial score (nSPS) is 17.4. The Bertz CT molecular complexity index is 1430. The highest BCUT2D eigenvalue weighted by molar-refractivity contribution is 7.18. The summed E-state index contributed by atoms with van der Waals surface area (Å²) >= 11 is 1.21. The van der Waals surface area contributed by atoms with Crippen LogP contribution in [0.15, 0.2) is 37.3 Å². The van der Waals surface area contributed by atoms with Crippen LogP contribution < -0.4 is 10.6 Å². The van der Waals surface area contributed by atoms with E-state index in [2.05, 4.69) is 35.6 Å². The third-order valence-electron chi connectivity index (χ3n) is 5.63. The van der Waals surface area contributed by atoms with Crippen molar-refractivity contribution in [2.24, 2.45) is 0 Å². The molecule has 1 fully saturated rings. The van der Waals surface area contributed by atoms with E-state index in [1.54, 1.807) is 18.6 Å². The fraction of sp³-hybridized carbons (Fsp3) is 0.286. The lowest BCUT2D eigenvalue weighted by atomic mass is 10.2. The second-order valence-corrected chi connectivity index (χ2v) is 9.03. The minimum atomic E-state index is -1.24. The molecule has 5 heterocycles. The largest absolute Gasteiger partial charge is 0.465 e. The van der Waals surface area contributed by atoms with Crippen molar-refractivity contribution in [3.8, 4) is 10.6 Å². The summed E-state index contributed by atoms with van der Waals surface area (Å²) < 4.78 is 15.8. The van der Waals surface area contributed by atoms with E-state index in [0.717, 1.165) is 16.6 Å². The van der Waals surface area contributed by atoms with Crippen molar-refractivity contribution >= 4 is 45.3 Å². The standard InChI is InChI=1S/C21H20FN9O4S/c22-12-5-23-9-27-18(12)16-7-26-20(36-16)29-17-4-14-13(6-25-17)28-10-30(14)2-1-24-19(33)15-3-11(32)8-31(15)21(34)35/h4-7,9-11,15,32H,1-3,8H2,(H,24,33)(H,34,35)(H,25,26,29). The number of aliphatic hydroxyl groups excluding tert-OH is 1. The molecule has 2 atom stereocenters. The molecule has 13 nitrogen and oxygen atoms in total. The van der Waals surface area contributed by atoms with E-state index in [1.807, 2.05) is 4.57 Å². The molecule has 1 aliphatic rings. The number of carboxylic acid groups (broad SMARTS) is 1. The Labute approximate surface area is 206 Å². The summed E-state index contributed by atoms with van der Waals surface area (Å²) in [6, 6.07) is 0.853. The van der Waals surface area contributed by atoms with Gasteiger partial charge < -0.3 is 25.4 Å². The summed E-state index contributed by atoms with van der Waals surface area (Å²) in [4.78, 5) is 45.8. The zero-order valence-electron chi connectivity index (χ0n) is 18.6. The van der Waals surface area contributed by atoms with Gasteiger partial charge in [-0.2, -0.15) is 0 Å². The molecule has 0 radical (unpaired) electrons. The van der Waals surface area contributed by atoms with Crippen molar-refractivity contribution in [3.63, 3.8) is 0 Å². The smallest absolute Gasteiger partial charge is 0.408 e. The quantitative estimate of drug-likeness (QED) is 0.283. The third-order valence-corrected chi connectivity index (χ3v) is 6.55. The molecule has 15 heteroatoms. The number of hydrogen-bond donors (Lipinski definition) is 4. The van der Waals surface area contributed by atoms with Gasteiger partial charge in [-0.15, -0.1) is 0 Å². The first-order valence-electron chi connectivity index (χ1n) is 10.8. The van der Waals surface area contributed by atoms with E-state index in [0.29, 0.717) is 27.9 Å². The van der Waals surface area contributed by atoms with Gasteiger partial charge in [-0.25, -0.2) is 34.1 Å². The van der Waals surface area contributed by atoms with Gasteiger partial charge in [0.2, 0.25) is 5.91 Å². The first kappa shape index (κ1) is 23.5. The van der Waals surface area contributed by atoms with Crippen LogP contribution in [0.1, 0.15) is 6.42 Å². The average Bonchev–Trinajstić information content (AvgIpc) is 3.58. The number of amides is 2. The van der Waals surface area contributed by atoms with E-state index in [1.165, 1.54) is 23.9 Å². The van der Waals surface area contributed by atoms with Gasteiger partial charge in [0.25, 0.3) is 0 Å². The van der Waals surface area contributed by atoms with Crippen LogP contribution in [0, 0.1) is 5.82 Å². The number of nitrogens with one attached hydrogen (secondary N) is 2. The maximum Gasteiger partial charge on any atom is 0.408 e. The van der Waals surface area contributed by atoms with E-state index in [-0.39, 0.29) is 25.2 Å². The Hall–Kier alpha value is -4.24. The molecule has 36 heavy (non-hydrogen) atoms. The van der Waals surface area contributed by atoms with Gasteiger partial charge in [0.1, 0.15) is 29.4 Å². The van der Waals surface area contributed by atoms with Crippen molar-refractivity contribution in [2.75, 3.05) is 18.4 Å². The highest BCUT2D eigenvalue weighted by Crippen LogP contribution is 2.30. The maximum atomic E-state index is 14.0. The van der Waals surface area contributed by atoms with Crippen molar-refractivity contribution in [1.82, 2.24) is 39.7 Å². The molecule has 0 aliphatic carbocycles. The summed E-state index contributed by atoms with van der Waals surface area (Å²) in [5.41, 5.74) is 1.56. The summed E-state index contributed by atoms with van der Waals surface area (Å²) in [5, 5.41) is 25.3. The molecule has 2 amide bonds. The number of anilines is 2. The summed E-state index contributed by atoms with van der Waals surface area (Å²) in [6.07, 6.45) is 5.04. The number of β-amino-alcohol motifs (C(OH)–C–C–N with tert-alkyl or cyclic N) is 1. The van der Waals surface area contributed by atoms with Gasteiger partial charge in [0.15, 0.2) is 10.9 Å². The predicted molar refractivity (Wildman–Crippen MR) is 126 cm³/mol. The van der Waals surface area contributed by atoms with Gasteiger partial charge >= 0.3 is 6.09 Å². The lowest BCUT2D eigenvalue weighted by Crippen LogP contribution is -2.46. The topological polar surface area (TPSA) is 171 Å². The van der Waals surface area contributed by atoms with Gasteiger partial charge in [0.05, 0.1) is 41.8 Å². The molecule has 1 aliphatic heterocycles. The van der Waals surface area contributed by atoms with Gasteiger partial charge in [-0.1, -0.05) is 11.3 Å². The van der Waals surface area contributed by atoms with Crippen molar-refractivity contribution in [1.29, 1.82) is 0 Å². The second-order valence-electron chi connectivity index (χ2n) is 8.00. The number of carbonyl (C=O) groups is 2. The molecule has 5 rings (SSSR count). The highest BCUT2D eigenvalue weighted by Gasteiger charge is 2.38. The van der Waals surface area contributed by atoms with E-state index >= 15 is 0 Å². The van der Waals surface area contributed by atoms with Crippen LogP contribution in [0.2, 0.25) is 0 Å². The van der Waals surface area contributed by atoms with Crippen LogP contribution in [0.5, 0.6) is 0 Å². The molecule has 4 aromatic heterocycles. The zero-order chi connectivity index (χ0) is 25.2. The molecule has 0 bridgehead atoms. The van der Waals surface area contributed by atoms with Gasteiger partial charge in [-0.3, -0.25) is 9.69 Å². The number of likely N-dealkylation sites (tertiary alicyclic amines) is 1. The van der Waals surface area contributed by atoms with Crippen molar-refractivity contribution < 1.29 is 24.2 Å². The Morgan fingerprint density at radius 2 is 2.06 bits per heavy atom. The molecule has 0 spiro atoms. The molecule has 4 aromatic rings. The minimum Gasteiger partial charge on any atom is -0.465 e. The number of nitrogens with zero attached hydrogens (tertiary/aromatic N) is 7. The van der Waals surface area contributed by atoms with Crippen LogP contribution in [0.3, 0.4) is 0 Å². The molecule has 2 unspecified atom stereocenters. The maximum absolute atomic E-state index is 14.0. The Balaban J connectivity index is 1.24. The zero-order valence-corrected chi connectivity index (χ0v) is 19.4. The summed E-state index contributed by atoms with van der Waals surface area (Å²) in [7, 11) is 0. The van der Waals surface area contributed by atoms with E-state index in [9.17, 15) is 24.2 Å². The summed E-state index contributed by atoms with van der Waals surface area (Å²) in [6.45, 7) is 0.523. The third kappa shape index (κ3) is 4.78. The number of halogens is 1. The van der Waals surface area contributed by atoms with E-state index < -0.39 is 30.0 Å². The van der Waals surface area contributed by atoms with Crippen molar-refractivity contribution in [2.45, 2.75) is 25.1 Å². The van der Waals surface area contributed by atoms with Crippen molar-refractivity contribution in [3.05, 3.63) is 43.1 Å². The molecule has 0 saturated carbocycles. The summed E-state index contributed by atoms with van der Waals surface area (Å²) in [5.74, 6) is -0.500. The minimum absolute atomic E-state index is 0.0647. The lowest BCUT2D eigenvalue weighted by Gasteiger charge is -2.20. The molecule has 1 saturated heterocycles. The number of aliphatic hydroxyl groups is 1. The number of fused-ring (bicyclic) bond motifs is 1. The average molecular weight is 514 g/mol. The molecule has 4 N–H and O–H groups in total. The number of rotatable bonds is 7. The van der Waals surface area contributed by atoms with Crippen LogP contribution >= 0.6 is 11.3 Å². The fourth-order valence-corrected chi connectivity index (χ4v) is 4.77. The number of carbonyl (C=O) groups excluding carboxylic acids is 1. The molecular formula is C21H20FN9O4S. The molecule has 186 valence electrons. The van der Waals surface area contributed by atoms with Crippen LogP contribution in [-0.2, 0) is 11.3 Å². The van der Waals surface area contributed by atoms with Crippen LogP contribution in [0.25, 0.3) is 21.6 Å². The lowest BCUT2D eigenvalue weighted by molar-refractivity contribution is -0.125. The monoisotopic (exact) mass is 513 g/mol. The number of hydrogen-bond acceptors (Lipinski definition) is 10. The van der Waals surface area contributed by atoms with Gasteiger partial charge in [-0.05, 0) is 0 Å². The molecule has 0 aromatic carbocycles. The number of thiazole rings is 1. The molecular weight excluding hydrogens is 493 g/mol. The first-order valence-corrected chi connectivity index (χ1v) is 11.7. The number of pyridine rings is 1. The highest BCUT2D eigenvalue weighted by atomic mass is 32.1. The predicted octanol–water partition coefficient (Wildman–Crippen LogP) is 1.46. The first-order chi connectivity index (χ1) is 17.4. The fourth-order valence-electron chi connectivity index (χ4n) is 3.94. The van der Waals surface area contributed by atoms with Crippen LogP contribution in [0.4, 0.5) is 20.1 Å². The Kier molecular flexibility index (Phi) is 6.39. The Morgan fingerprint density at radius 3 is 2.86 bits per heavy atom. The van der Waals surface area contributed by atoms with Gasteiger partial charge in [0, 0.05) is 31.8 Å². The number of imidazole rings is 1. The van der Waals surface area contributed by atoms with Crippen LogP contribution in [-0.4, -0.2) is 81.8 Å². The SMILES string of the molecule is O=C(NCCn1cnc2cnc(Nc3ncc(-c4ncncc4F)s3)cc21)C1CC(O)CN1C(=O)O. The second kappa shape index (κ2) is 9.79. The Morgan fingerprint density at radius 1 is 1.19 bits per heavy atom. The van der Waals surface area contributed by atoms with E-state index in [4.69, 9.17) is 0 Å². The number of aromatic nitrogens is 6.